The third-order valence-electron chi connectivity index (χ3n) is 6.17. The number of likely N-dealkylation sites (tertiary alicyclic amines) is 1. The van der Waals surface area contributed by atoms with Gasteiger partial charge in [0, 0.05) is 24.1 Å². The van der Waals surface area contributed by atoms with Gasteiger partial charge in [0.1, 0.15) is 5.82 Å². The van der Waals surface area contributed by atoms with E-state index in [1.165, 1.54) is 16.7 Å². The summed E-state index contributed by atoms with van der Waals surface area (Å²) in [6.45, 7) is 3.81. The monoisotopic (exact) mass is 517 g/mol. The topological polar surface area (TPSA) is 84.4 Å². The van der Waals surface area contributed by atoms with Crippen molar-refractivity contribution in [1.82, 2.24) is 14.5 Å². The minimum absolute atomic E-state index is 0.0787. The average molecular weight is 518 g/mol. The molecule has 1 saturated heterocycles. The third kappa shape index (κ3) is 5.09. The lowest BCUT2D eigenvalue weighted by Crippen LogP contribution is -2.46. The van der Waals surface area contributed by atoms with Crippen molar-refractivity contribution in [3.05, 3.63) is 79.2 Å². The van der Waals surface area contributed by atoms with Crippen molar-refractivity contribution in [3.63, 3.8) is 0 Å². The third-order valence-corrected chi connectivity index (χ3v) is 6.66. The van der Waals surface area contributed by atoms with Crippen molar-refractivity contribution in [2.24, 2.45) is 5.92 Å². The first-order chi connectivity index (χ1) is 15.9. The number of H-pyrrole nitrogens is 1. The first kappa shape index (κ1) is 23.4. The van der Waals surface area contributed by atoms with Crippen LogP contribution in [0.15, 0.2) is 56.5 Å². The summed E-state index contributed by atoms with van der Waals surface area (Å²) in [5, 5.41) is 0.434. The van der Waals surface area contributed by atoms with E-state index in [1.807, 2.05) is 0 Å². The molecule has 1 unspecified atom stereocenters. The predicted octanol–water partition coefficient (Wildman–Crippen LogP) is 3.26. The van der Waals surface area contributed by atoms with Gasteiger partial charge in [-0.3, -0.25) is 14.2 Å². The van der Waals surface area contributed by atoms with Crippen LogP contribution in [0.1, 0.15) is 24.8 Å². The fourth-order valence-corrected chi connectivity index (χ4v) is 4.85. The molecule has 2 heterocycles. The predicted molar refractivity (Wildman–Crippen MR) is 127 cm³/mol. The second-order valence-corrected chi connectivity index (χ2v) is 9.10. The molecular formula is C24H25BrFN3O4. The number of benzene rings is 2. The van der Waals surface area contributed by atoms with Gasteiger partial charge in [-0.05, 0) is 61.7 Å². The number of carbonyl (C=O) groups excluding carboxylic acids is 1. The highest BCUT2D eigenvalue weighted by molar-refractivity contribution is 9.10. The summed E-state index contributed by atoms with van der Waals surface area (Å²) < 4.78 is 20.6. The van der Waals surface area contributed by atoms with E-state index in [2.05, 4.69) is 25.8 Å². The molecule has 1 fully saturated rings. The van der Waals surface area contributed by atoms with Gasteiger partial charge in [0.25, 0.3) is 5.56 Å². The molecule has 174 valence electrons. The standard InChI is InChI=1S/C24H25BrFN3O4/c1-2-33-23(31)20-14-28(10-9-18(20)15-3-6-17(26)7-4-15)11-12-29-22(30)19-13-16(25)5-8-21(19)27-24(29)32/h3-8,13,18,20H,2,9-12,14H2,1H3,(H,27,32)/t18-,20?/m0/s1. The Labute approximate surface area is 198 Å². The molecule has 2 aromatic carbocycles. The summed E-state index contributed by atoms with van der Waals surface area (Å²) in [4.78, 5) is 42.9. The van der Waals surface area contributed by atoms with E-state index in [-0.39, 0.29) is 36.4 Å². The molecule has 0 radical (unpaired) electrons. The van der Waals surface area contributed by atoms with Gasteiger partial charge in [-0.1, -0.05) is 28.1 Å². The molecule has 0 spiro atoms. The fourth-order valence-electron chi connectivity index (χ4n) is 4.49. The molecule has 3 aromatic rings. The normalized spacial score (nSPS) is 19.0. The van der Waals surface area contributed by atoms with Crippen molar-refractivity contribution in [3.8, 4) is 0 Å². The van der Waals surface area contributed by atoms with E-state index in [9.17, 15) is 18.8 Å². The number of nitrogens with one attached hydrogen (secondary N) is 1. The maximum Gasteiger partial charge on any atom is 0.328 e. The van der Waals surface area contributed by atoms with Gasteiger partial charge in [0.2, 0.25) is 0 Å². The molecule has 0 saturated carbocycles. The molecule has 0 amide bonds. The summed E-state index contributed by atoms with van der Waals surface area (Å²) in [5.41, 5.74) is 0.588. The molecule has 33 heavy (non-hydrogen) atoms. The molecule has 9 heteroatoms. The summed E-state index contributed by atoms with van der Waals surface area (Å²) in [6, 6.07) is 11.4. The number of esters is 1. The summed E-state index contributed by atoms with van der Waals surface area (Å²) in [6.07, 6.45) is 0.686. The number of nitrogens with zero attached hydrogens (tertiary/aromatic N) is 2. The number of aromatic amines is 1. The van der Waals surface area contributed by atoms with Gasteiger partial charge >= 0.3 is 11.7 Å². The molecule has 1 N–H and O–H groups in total. The van der Waals surface area contributed by atoms with Crippen LogP contribution in [-0.2, 0) is 16.1 Å². The van der Waals surface area contributed by atoms with E-state index in [4.69, 9.17) is 4.74 Å². The van der Waals surface area contributed by atoms with Crippen molar-refractivity contribution < 1.29 is 13.9 Å². The SMILES string of the molecule is CCOC(=O)C1CN(CCn2c(=O)[nH]c3ccc(Br)cc3c2=O)CC[C@H]1c1ccc(F)cc1. The van der Waals surface area contributed by atoms with Crippen molar-refractivity contribution in [1.29, 1.82) is 0 Å². The van der Waals surface area contributed by atoms with Crippen LogP contribution in [0, 0.1) is 11.7 Å². The Hall–Kier alpha value is -2.78. The van der Waals surface area contributed by atoms with E-state index in [0.717, 1.165) is 10.0 Å². The average Bonchev–Trinajstić information content (AvgIpc) is 2.80. The maximum absolute atomic E-state index is 13.4. The van der Waals surface area contributed by atoms with Gasteiger partial charge in [0.15, 0.2) is 0 Å². The molecular weight excluding hydrogens is 493 g/mol. The number of ether oxygens (including phenoxy) is 1. The summed E-state index contributed by atoms with van der Waals surface area (Å²) in [5.74, 6) is -1.10. The highest BCUT2D eigenvalue weighted by Gasteiger charge is 2.36. The van der Waals surface area contributed by atoms with E-state index in [0.29, 0.717) is 37.0 Å². The number of rotatable bonds is 6. The highest BCUT2D eigenvalue weighted by Crippen LogP contribution is 2.34. The van der Waals surface area contributed by atoms with Crippen LogP contribution < -0.4 is 11.2 Å². The minimum Gasteiger partial charge on any atom is -0.466 e. The van der Waals surface area contributed by atoms with E-state index in [1.54, 1.807) is 37.3 Å². The Bertz CT molecular complexity index is 1270. The second kappa shape index (κ2) is 10.0. The number of piperidine rings is 1. The van der Waals surface area contributed by atoms with Crippen molar-refractivity contribution in [2.75, 3.05) is 26.2 Å². The van der Waals surface area contributed by atoms with Gasteiger partial charge in [-0.2, -0.15) is 0 Å². The largest absolute Gasteiger partial charge is 0.466 e. The fraction of sp³-hybridized carbons (Fsp3) is 0.375. The number of aromatic nitrogens is 2. The molecule has 0 bridgehead atoms. The van der Waals surface area contributed by atoms with Gasteiger partial charge in [-0.25, -0.2) is 9.18 Å². The number of carbonyl (C=O) groups is 1. The van der Waals surface area contributed by atoms with E-state index >= 15 is 0 Å². The van der Waals surface area contributed by atoms with Crippen LogP contribution in [0.2, 0.25) is 0 Å². The zero-order valence-corrected chi connectivity index (χ0v) is 19.8. The number of hydrogen-bond donors (Lipinski definition) is 1. The number of halogens is 2. The van der Waals surface area contributed by atoms with E-state index < -0.39 is 11.6 Å². The quantitative estimate of drug-likeness (QED) is 0.507. The molecule has 1 aromatic heterocycles. The van der Waals surface area contributed by atoms with Crippen LogP contribution in [0.25, 0.3) is 10.9 Å². The molecule has 7 nitrogen and oxygen atoms in total. The zero-order valence-electron chi connectivity index (χ0n) is 18.2. The zero-order chi connectivity index (χ0) is 23.5. The lowest BCUT2D eigenvalue weighted by Gasteiger charge is -2.37. The Kier molecular flexibility index (Phi) is 7.09. The van der Waals surface area contributed by atoms with Gasteiger partial charge in [-0.15, -0.1) is 0 Å². The molecule has 1 aliphatic rings. The smallest absolute Gasteiger partial charge is 0.328 e. The van der Waals surface area contributed by atoms with Crippen LogP contribution >= 0.6 is 15.9 Å². The van der Waals surface area contributed by atoms with Crippen LogP contribution in [0.3, 0.4) is 0 Å². The summed E-state index contributed by atoms with van der Waals surface area (Å²) >= 11 is 3.36. The van der Waals surface area contributed by atoms with Gasteiger partial charge in [0.05, 0.1) is 23.4 Å². The Morgan fingerprint density at radius 1 is 1.18 bits per heavy atom. The van der Waals surface area contributed by atoms with Crippen molar-refractivity contribution >= 4 is 32.8 Å². The highest BCUT2D eigenvalue weighted by atomic mass is 79.9. The van der Waals surface area contributed by atoms with Crippen LogP contribution in [-0.4, -0.2) is 46.7 Å². The van der Waals surface area contributed by atoms with Crippen LogP contribution in [0.4, 0.5) is 4.39 Å². The first-order valence-electron chi connectivity index (χ1n) is 10.9. The molecule has 2 atom stereocenters. The maximum atomic E-state index is 13.4. The number of hydrogen-bond acceptors (Lipinski definition) is 5. The lowest BCUT2D eigenvalue weighted by molar-refractivity contribution is -0.150. The Morgan fingerprint density at radius 3 is 2.67 bits per heavy atom. The van der Waals surface area contributed by atoms with Crippen molar-refractivity contribution in [2.45, 2.75) is 25.8 Å². The Morgan fingerprint density at radius 2 is 1.94 bits per heavy atom. The van der Waals surface area contributed by atoms with Crippen LogP contribution in [0.5, 0.6) is 0 Å². The molecule has 0 aliphatic carbocycles. The first-order valence-corrected chi connectivity index (χ1v) is 11.7. The molecule has 4 rings (SSSR count). The minimum atomic E-state index is -0.460. The lowest BCUT2D eigenvalue weighted by atomic mass is 9.80. The second-order valence-electron chi connectivity index (χ2n) is 8.18. The Balaban J connectivity index is 1.53. The van der Waals surface area contributed by atoms with Gasteiger partial charge < -0.3 is 14.6 Å². The molecule has 1 aliphatic heterocycles. The number of fused-ring (bicyclic) bond motifs is 1. The summed E-state index contributed by atoms with van der Waals surface area (Å²) in [7, 11) is 0.